The number of hydrogen-bond donors (Lipinski definition) is 0. The van der Waals surface area contributed by atoms with Crippen LogP contribution in [0.25, 0.3) is 0 Å². The van der Waals surface area contributed by atoms with Crippen molar-refractivity contribution in [3.63, 3.8) is 0 Å². The minimum Gasteiger partial charge on any atom is -0.462 e. The molecule has 0 aliphatic carbocycles. The SMILES string of the molecule is CC/C=C\C/C=C\C/C=C\C/C=C\C/C=C\C/C=C\CCCCCCCCCCCCCCCCCCC(=O)OCC(COC(=O)CCCCCCCCCCCCCCCC)OC(=O)CCCCCCCCCCCCCCCCCC. The standard InChI is InChI=1S/C77H138O6/c1-4-7-10-13-16-19-22-25-28-30-31-32-33-34-35-36-37-38-39-40-41-42-43-44-45-46-47-48-50-52-55-58-61-64-67-70-76(79)82-73-74(72-81-75(78)69-66-63-60-57-54-51-27-24-21-18-15-12-9-6-3)83-77(80)71-68-65-62-59-56-53-49-29-26-23-20-17-14-11-8-5-2/h7,10,16,19,25,28,31-32,34-35,37-38,74H,4-6,8-9,11-15,17-18,20-24,26-27,29-30,33,36,39-73H2,1-3H3/b10-7-,19-16-,28-25-,32-31-,35-34-,38-37-. The Morgan fingerprint density at radius 3 is 0.735 bits per heavy atom. The molecule has 0 radical (unpaired) electrons. The molecule has 0 fully saturated rings. The molecule has 0 spiro atoms. The van der Waals surface area contributed by atoms with Gasteiger partial charge in [0.05, 0.1) is 0 Å². The smallest absolute Gasteiger partial charge is 0.306 e. The maximum Gasteiger partial charge on any atom is 0.306 e. The Bertz CT molecular complexity index is 1520. The van der Waals surface area contributed by atoms with E-state index in [-0.39, 0.29) is 31.1 Å². The fraction of sp³-hybridized carbons (Fsp3) is 0.805. The number of ether oxygens (including phenoxy) is 3. The van der Waals surface area contributed by atoms with Crippen LogP contribution in [0.1, 0.15) is 380 Å². The lowest BCUT2D eigenvalue weighted by molar-refractivity contribution is -0.167. The van der Waals surface area contributed by atoms with E-state index in [9.17, 15) is 14.4 Å². The minimum absolute atomic E-state index is 0.0667. The Kier molecular flexibility index (Phi) is 68.6. The maximum atomic E-state index is 12.9. The summed E-state index contributed by atoms with van der Waals surface area (Å²) in [6.45, 7) is 6.59. The lowest BCUT2D eigenvalue weighted by Crippen LogP contribution is -2.30. The van der Waals surface area contributed by atoms with Crippen molar-refractivity contribution in [1.82, 2.24) is 0 Å². The van der Waals surface area contributed by atoms with E-state index in [4.69, 9.17) is 14.2 Å². The first-order valence-corrected chi connectivity index (χ1v) is 36.4. The van der Waals surface area contributed by atoms with Crippen molar-refractivity contribution in [1.29, 1.82) is 0 Å². The number of unbranched alkanes of at least 4 members (excludes halogenated alkanes) is 44. The third-order valence-corrected chi connectivity index (χ3v) is 16.2. The lowest BCUT2D eigenvalue weighted by atomic mass is 10.0. The minimum atomic E-state index is -0.770. The topological polar surface area (TPSA) is 78.9 Å². The van der Waals surface area contributed by atoms with Gasteiger partial charge in [0.15, 0.2) is 6.10 Å². The normalized spacial score (nSPS) is 12.5. The van der Waals surface area contributed by atoms with Gasteiger partial charge in [-0.15, -0.1) is 0 Å². The number of carbonyl (C=O) groups excluding carboxylic acids is 3. The highest BCUT2D eigenvalue weighted by atomic mass is 16.6. The molecule has 6 nitrogen and oxygen atoms in total. The van der Waals surface area contributed by atoms with Crippen LogP contribution < -0.4 is 0 Å². The summed E-state index contributed by atoms with van der Waals surface area (Å²) >= 11 is 0. The molecule has 0 aliphatic heterocycles. The van der Waals surface area contributed by atoms with E-state index in [2.05, 4.69) is 93.7 Å². The molecule has 0 amide bonds. The summed E-state index contributed by atoms with van der Waals surface area (Å²) < 4.78 is 17.0. The molecule has 482 valence electrons. The number of carbonyl (C=O) groups is 3. The van der Waals surface area contributed by atoms with Crippen LogP contribution >= 0.6 is 0 Å². The van der Waals surface area contributed by atoms with Crippen LogP contribution in [0.3, 0.4) is 0 Å². The van der Waals surface area contributed by atoms with Crippen molar-refractivity contribution >= 4 is 17.9 Å². The third kappa shape index (κ3) is 69.5. The van der Waals surface area contributed by atoms with Crippen molar-refractivity contribution in [2.75, 3.05) is 13.2 Å². The van der Waals surface area contributed by atoms with Crippen molar-refractivity contribution in [3.8, 4) is 0 Å². The quantitative estimate of drug-likeness (QED) is 0.0261. The fourth-order valence-corrected chi connectivity index (χ4v) is 10.8. The molecule has 0 aromatic rings. The second-order valence-corrected chi connectivity index (χ2v) is 24.5. The van der Waals surface area contributed by atoms with E-state index in [1.807, 2.05) is 0 Å². The van der Waals surface area contributed by atoms with Gasteiger partial charge in [0.25, 0.3) is 0 Å². The first-order chi connectivity index (χ1) is 41.0. The van der Waals surface area contributed by atoms with Gasteiger partial charge in [-0.1, -0.05) is 363 Å². The molecular formula is C77H138O6. The zero-order valence-corrected chi connectivity index (χ0v) is 55.5. The molecule has 0 N–H and O–H groups in total. The van der Waals surface area contributed by atoms with E-state index in [1.165, 1.54) is 244 Å². The van der Waals surface area contributed by atoms with E-state index < -0.39 is 6.10 Å². The molecule has 0 heterocycles. The molecule has 0 aliphatic rings. The van der Waals surface area contributed by atoms with Gasteiger partial charge in [-0.2, -0.15) is 0 Å². The van der Waals surface area contributed by atoms with Gasteiger partial charge in [0, 0.05) is 19.3 Å². The molecule has 0 bridgehead atoms. The molecule has 0 saturated carbocycles. The monoisotopic (exact) mass is 1160 g/mol. The van der Waals surface area contributed by atoms with Crippen LogP contribution in [-0.2, 0) is 28.6 Å². The molecule has 1 atom stereocenters. The third-order valence-electron chi connectivity index (χ3n) is 16.2. The average Bonchev–Trinajstić information content (AvgIpc) is 3.49. The van der Waals surface area contributed by atoms with Crippen LogP contribution in [0, 0.1) is 0 Å². The van der Waals surface area contributed by atoms with Gasteiger partial charge in [-0.25, -0.2) is 0 Å². The van der Waals surface area contributed by atoms with Gasteiger partial charge in [0.1, 0.15) is 13.2 Å². The van der Waals surface area contributed by atoms with Crippen molar-refractivity contribution in [2.45, 2.75) is 386 Å². The Balaban J connectivity index is 4.13. The lowest BCUT2D eigenvalue weighted by Gasteiger charge is -2.18. The number of rotatable bonds is 67. The van der Waals surface area contributed by atoms with Crippen LogP contribution in [0.2, 0.25) is 0 Å². The van der Waals surface area contributed by atoms with Crippen molar-refractivity contribution < 1.29 is 28.6 Å². The van der Waals surface area contributed by atoms with Crippen molar-refractivity contribution in [2.24, 2.45) is 0 Å². The second-order valence-electron chi connectivity index (χ2n) is 24.5. The molecule has 0 rings (SSSR count). The van der Waals surface area contributed by atoms with Crippen LogP contribution in [0.4, 0.5) is 0 Å². The number of esters is 3. The molecule has 1 unspecified atom stereocenters. The van der Waals surface area contributed by atoms with E-state index in [0.717, 1.165) is 96.3 Å². The zero-order chi connectivity index (χ0) is 59.9. The fourth-order valence-electron chi connectivity index (χ4n) is 10.8. The molecule has 83 heavy (non-hydrogen) atoms. The summed E-state index contributed by atoms with van der Waals surface area (Å²) in [5.74, 6) is -0.839. The van der Waals surface area contributed by atoms with Crippen molar-refractivity contribution in [3.05, 3.63) is 72.9 Å². The predicted molar refractivity (Wildman–Crippen MR) is 362 cm³/mol. The molecule has 6 heteroatoms. The zero-order valence-electron chi connectivity index (χ0n) is 55.5. The van der Waals surface area contributed by atoms with E-state index >= 15 is 0 Å². The van der Waals surface area contributed by atoms with Gasteiger partial charge in [-0.3, -0.25) is 14.4 Å². The Labute approximate surface area is 516 Å². The van der Waals surface area contributed by atoms with Gasteiger partial charge in [0.2, 0.25) is 0 Å². The summed E-state index contributed by atoms with van der Waals surface area (Å²) in [5.41, 5.74) is 0. The molecule has 0 aromatic heterocycles. The Hall–Kier alpha value is -3.15. The van der Waals surface area contributed by atoms with E-state index in [1.54, 1.807) is 0 Å². The average molecular weight is 1160 g/mol. The van der Waals surface area contributed by atoms with Gasteiger partial charge in [-0.05, 0) is 70.6 Å². The second kappa shape index (κ2) is 71.3. The number of hydrogen-bond acceptors (Lipinski definition) is 6. The largest absolute Gasteiger partial charge is 0.462 e. The maximum absolute atomic E-state index is 12.9. The summed E-state index contributed by atoms with van der Waals surface area (Å²) in [6, 6.07) is 0. The van der Waals surface area contributed by atoms with Crippen LogP contribution in [0.5, 0.6) is 0 Å². The molecular weight excluding hydrogens is 1020 g/mol. The first kappa shape index (κ1) is 79.8. The van der Waals surface area contributed by atoms with Gasteiger partial charge >= 0.3 is 17.9 Å². The van der Waals surface area contributed by atoms with Crippen LogP contribution in [0.15, 0.2) is 72.9 Å². The Morgan fingerprint density at radius 2 is 0.470 bits per heavy atom. The van der Waals surface area contributed by atoms with E-state index in [0.29, 0.717) is 19.3 Å². The summed E-state index contributed by atoms with van der Waals surface area (Å²) in [6.07, 6.45) is 93.7. The highest BCUT2D eigenvalue weighted by molar-refractivity contribution is 5.71. The number of allylic oxidation sites excluding steroid dienone is 12. The molecule has 0 aromatic carbocycles. The van der Waals surface area contributed by atoms with Crippen LogP contribution in [-0.4, -0.2) is 37.2 Å². The highest BCUT2D eigenvalue weighted by Crippen LogP contribution is 2.18. The van der Waals surface area contributed by atoms with Gasteiger partial charge < -0.3 is 14.2 Å². The molecule has 0 saturated heterocycles. The summed E-state index contributed by atoms with van der Waals surface area (Å²) in [5, 5.41) is 0. The summed E-state index contributed by atoms with van der Waals surface area (Å²) in [4.78, 5) is 38.4. The highest BCUT2D eigenvalue weighted by Gasteiger charge is 2.19. The predicted octanol–water partition coefficient (Wildman–Crippen LogP) is 25.2. The first-order valence-electron chi connectivity index (χ1n) is 36.4. The Morgan fingerprint density at radius 1 is 0.253 bits per heavy atom. The summed E-state index contributed by atoms with van der Waals surface area (Å²) in [7, 11) is 0.